The average Bonchev–Trinajstić information content (AvgIpc) is 3.03. The van der Waals surface area contributed by atoms with Crippen LogP contribution >= 0.6 is 24.0 Å². The van der Waals surface area contributed by atoms with Crippen LogP contribution in [-0.2, 0) is 13.1 Å². The number of nitrogens with one attached hydrogen (secondary N) is 2. The van der Waals surface area contributed by atoms with Crippen LogP contribution in [0, 0.1) is 0 Å². The topological polar surface area (TPSA) is 58.8 Å². The molecule has 2 aromatic rings. The molecule has 0 unspecified atom stereocenters. The largest absolute Gasteiger partial charge is 0.467 e. The SMILES string of the molecule is CCNC(=NCc1cccc(OC(F)F)c1)NCc1ccco1.I. The number of halogens is 3. The van der Waals surface area contributed by atoms with Gasteiger partial charge in [-0.2, -0.15) is 8.78 Å². The summed E-state index contributed by atoms with van der Waals surface area (Å²) >= 11 is 0. The Morgan fingerprint density at radius 3 is 2.75 bits per heavy atom. The monoisotopic (exact) mass is 451 g/mol. The van der Waals surface area contributed by atoms with Crippen LogP contribution in [0.2, 0.25) is 0 Å². The Kier molecular flexibility index (Phi) is 9.13. The maximum Gasteiger partial charge on any atom is 0.387 e. The van der Waals surface area contributed by atoms with Gasteiger partial charge in [-0.1, -0.05) is 12.1 Å². The lowest BCUT2D eigenvalue weighted by molar-refractivity contribution is -0.0498. The number of ether oxygens (including phenoxy) is 1. The molecule has 0 bridgehead atoms. The molecular weight excluding hydrogens is 431 g/mol. The number of hydrogen-bond acceptors (Lipinski definition) is 3. The van der Waals surface area contributed by atoms with Crippen LogP contribution in [0.25, 0.3) is 0 Å². The number of furan rings is 1. The molecular formula is C16H20F2IN3O2. The third kappa shape index (κ3) is 7.16. The second kappa shape index (κ2) is 10.8. The first kappa shape index (κ1) is 20.2. The zero-order valence-corrected chi connectivity index (χ0v) is 15.5. The highest BCUT2D eigenvalue weighted by Gasteiger charge is 2.05. The van der Waals surface area contributed by atoms with E-state index in [1.807, 2.05) is 19.1 Å². The molecule has 0 aliphatic carbocycles. The van der Waals surface area contributed by atoms with Crippen LogP contribution < -0.4 is 15.4 Å². The van der Waals surface area contributed by atoms with Crippen LogP contribution in [0.5, 0.6) is 5.75 Å². The van der Waals surface area contributed by atoms with E-state index in [0.29, 0.717) is 25.6 Å². The first-order valence-corrected chi connectivity index (χ1v) is 7.25. The average molecular weight is 451 g/mol. The van der Waals surface area contributed by atoms with E-state index in [4.69, 9.17) is 4.42 Å². The summed E-state index contributed by atoms with van der Waals surface area (Å²) in [6, 6.07) is 10.2. The van der Waals surface area contributed by atoms with E-state index in [9.17, 15) is 8.78 Å². The van der Waals surface area contributed by atoms with Crippen molar-refractivity contribution in [3.8, 4) is 5.75 Å². The van der Waals surface area contributed by atoms with Gasteiger partial charge in [-0.05, 0) is 36.8 Å². The third-order valence-corrected chi connectivity index (χ3v) is 2.90. The Bertz CT molecular complexity index is 622. The van der Waals surface area contributed by atoms with Crippen molar-refractivity contribution in [2.75, 3.05) is 6.54 Å². The van der Waals surface area contributed by atoms with Crippen molar-refractivity contribution in [1.29, 1.82) is 0 Å². The normalized spacial score (nSPS) is 11.1. The minimum Gasteiger partial charge on any atom is -0.467 e. The van der Waals surface area contributed by atoms with Gasteiger partial charge in [0.2, 0.25) is 0 Å². The maximum absolute atomic E-state index is 12.2. The van der Waals surface area contributed by atoms with E-state index in [-0.39, 0.29) is 29.7 Å². The standard InChI is InChI=1S/C16H19F2N3O2.HI/c1-2-19-16(21-11-14-7-4-8-22-14)20-10-12-5-3-6-13(9-12)23-15(17)18;/h3-9,15H,2,10-11H2,1H3,(H2,19,20,21);1H. The van der Waals surface area contributed by atoms with Gasteiger partial charge in [0.25, 0.3) is 0 Å². The lowest BCUT2D eigenvalue weighted by Gasteiger charge is -2.10. The number of aliphatic imine (C=N–C) groups is 1. The molecule has 0 amide bonds. The summed E-state index contributed by atoms with van der Waals surface area (Å²) in [4.78, 5) is 4.41. The van der Waals surface area contributed by atoms with E-state index in [1.54, 1.807) is 24.5 Å². The van der Waals surface area contributed by atoms with E-state index in [0.717, 1.165) is 11.3 Å². The summed E-state index contributed by atoms with van der Waals surface area (Å²) in [5, 5.41) is 6.24. The fraction of sp³-hybridized carbons (Fsp3) is 0.312. The summed E-state index contributed by atoms with van der Waals surface area (Å²) in [5.74, 6) is 1.54. The molecule has 2 rings (SSSR count). The van der Waals surface area contributed by atoms with Gasteiger partial charge in [0.15, 0.2) is 5.96 Å². The first-order valence-electron chi connectivity index (χ1n) is 7.25. The number of hydrogen-bond donors (Lipinski definition) is 2. The number of rotatable bonds is 7. The Morgan fingerprint density at radius 2 is 2.08 bits per heavy atom. The fourth-order valence-corrected chi connectivity index (χ4v) is 1.92. The van der Waals surface area contributed by atoms with Crippen molar-refractivity contribution in [3.63, 3.8) is 0 Å². The fourth-order valence-electron chi connectivity index (χ4n) is 1.92. The molecule has 0 fully saturated rings. The second-order valence-corrected chi connectivity index (χ2v) is 4.65. The van der Waals surface area contributed by atoms with Crippen LogP contribution in [0.3, 0.4) is 0 Å². The van der Waals surface area contributed by atoms with Crippen LogP contribution in [0.15, 0.2) is 52.1 Å². The predicted octanol–water partition coefficient (Wildman–Crippen LogP) is 3.75. The molecule has 1 aromatic heterocycles. The van der Waals surface area contributed by atoms with Gasteiger partial charge in [-0.3, -0.25) is 0 Å². The summed E-state index contributed by atoms with van der Waals surface area (Å²) in [6.07, 6.45) is 1.61. The molecule has 1 heterocycles. The summed E-state index contributed by atoms with van der Waals surface area (Å²) < 4.78 is 34.1. The summed E-state index contributed by atoms with van der Waals surface area (Å²) in [7, 11) is 0. The molecule has 0 atom stereocenters. The number of guanidine groups is 1. The van der Waals surface area contributed by atoms with Crippen molar-refractivity contribution in [2.45, 2.75) is 26.6 Å². The third-order valence-electron chi connectivity index (χ3n) is 2.90. The molecule has 2 N–H and O–H groups in total. The molecule has 0 aliphatic rings. The second-order valence-electron chi connectivity index (χ2n) is 4.65. The highest BCUT2D eigenvalue weighted by Crippen LogP contribution is 2.16. The van der Waals surface area contributed by atoms with Gasteiger partial charge in [-0.25, -0.2) is 4.99 Å². The van der Waals surface area contributed by atoms with Gasteiger partial charge in [-0.15, -0.1) is 24.0 Å². The van der Waals surface area contributed by atoms with Crippen molar-refractivity contribution in [1.82, 2.24) is 10.6 Å². The Morgan fingerprint density at radius 1 is 1.25 bits per heavy atom. The molecule has 0 saturated carbocycles. The van der Waals surface area contributed by atoms with Crippen molar-refractivity contribution >= 4 is 29.9 Å². The van der Waals surface area contributed by atoms with E-state index in [1.165, 1.54) is 6.07 Å². The van der Waals surface area contributed by atoms with Gasteiger partial charge in [0.1, 0.15) is 11.5 Å². The number of alkyl halides is 2. The highest BCUT2D eigenvalue weighted by atomic mass is 127. The number of benzene rings is 1. The molecule has 24 heavy (non-hydrogen) atoms. The van der Waals surface area contributed by atoms with Crippen LogP contribution in [-0.4, -0.2) is 19.1 Å². The molecule has 0 aliphatic heterocycles. The zero-order chi connectivity index (χ0) is 16.5. The van der Waals surface area contributed by atoms with E-state index < -0.39 is 6.61 Å². The first-order chi connectivity index (χ1) is 11.2. The molecule has 0 radical (unpaired) electrons. The van der Waals surface area contributed by atoms with Gasteiger partial charge < -0.3 is 19.8 Å². The van der Waals surface area contributed by atoms with Crippen molar-refractivity contribution < 1.29 is 17.9 Å². The maximum atomic E-state index is 12.2. The van der Waals surface area contributed by atoms with Crippen molar-refractivity contribution in [2.24, 2.45) is 4.99 Å². The lowest BCUT2D eigenvalue weighted by Crippen LogP contribution is -2.36. The highest BCUT2D eigenvalue weighted by molar-refractivity contribution is 14.0. The summed E-state index contributed by atoms with van der Waals surface area (Å²) in [5.41, 5.74) is 0.776. The molecule has 0 spiro atoms. The van der Waals surface area contributed by atoms with E-state index >= 15 is 0 Å². The van der Waals surface area contributed by atoms with E-state index in [2.05, 4.69) is 20.4 Å². The van der Waals surface area contributed by atoms with Gasteiger partial charge in [0, 0.05) is 6.54 Å². The van der Waals surface area contributed by atoms with Crippen LogP contribution in [0.4, 0.5) is 8.78 Å². The quantitative estimate of drug-likeness (QED) is 0.383. The number of nitrogens with zero attached hydrogens (tertiary/aromatic N) is 1. The van der Waals surface area contributed by atoms with Gasteiger partial charge in [0.05, 0.1) is 19.4 Å². The Balaban J connectivity index is 0.00000288. The van der Waals surface area contributed by atoms with Crippen LogP contribution in [0.1, 0.15) is 18.2 Å². The molecule has 5 nitrogen and oxygen atoms in total. The molecule has 132 valence electrons. The Labute approximate surface area is 156 Å². The zero-order valence-electron chi connectivity index (χ0n) is 13.2. The smallest absolute Gasteiger partial charge is 0.387 e. The molecule has 0 saturated heterocycles. The minimum atomic E-state index is -2.83. The predicted molar refractivity (Wildman–Crippen MR) is 98.9 cm³/mol. The molecule has 8 heteroatoms. The summed E-state index contributed by atoms with van der Waals surface area (Å²) in [6.45, 7) is 0.683. The van der Waals surface area contributed by atoms with Gasteiger partial charge >= 0.3 is 6.61 Å². The lowest BCUT2D eigenvalue weighted by atomic mass is 10.2. The van der Waals surface area contributed by atoms with Crippen molar-refractivity contribution in [3.05, 3.63) is 54.0 Å². The minimum absolute atomic E-state index is 0. The Hall–Kier alpha value is -1.84. The molecule has 1 aromatic carbocycles.